The van der Waals surface area contributed by atoms with Gasteiger partial charge >= 0.3 is 0 Å². The minimum absolute atomic E-state index is 0.0675. The molecule has 0 unspecified atom stereocenters. The van der Waals surface area contributed by atoms with Crippen molar-refractivity contribution in [2.75, 3.05) is 17.9 Å². The van der Waals surface area contributed by atoms with Crippen molar-refractivity contribution in [1.29, 1.82) is 0 Å². The summed E-state index contributed by atoms with van der Waals surface area (Å²) in [5.74, 6) is -0.877. The number of amides is 2. The summed E-state index contributed by atoms with van der Waals surface area (Å²) in [4.78, 5) is 27.5. The van der Waals surface area contributed by atoms with Gasteiger partial charge in [0.25, 0.3) is 10.0 Å². The third-order valence-corrected chi connectivity index (χ3v) is 7.62. The Kier molecular flexibility index (Phi) is 8.53. The summed E-state index contributed by atoms with van der Waals surface area (Å²) < 4.78 is 28.3. The first-order chi connectivity index (χ1) is 16.6. The quantitative estimate of drug-likeness (QED) is 0.468. The Morgan fingerprint density at radius 2 is 1.63 bits per heavy atom. The van der Waals surface area contributed by atoms with Crippen molar-refractivity contribution in [2.45, 2.75) is 31.3 Å². The molecule has 0 saturated carbocycles. The van der Waals surface area contributed by atoms with Gasteiger partial charge in [0.1, 0.15) is 12.6 Å². The second-order valence-electron chi connectivity index (χ2n) is 8.10. The van der Waals surface area contributed by atoms with E-state index in [-0.39, 0.29) is 17.3 Å². The number of carbonyl (C=O) groups is 2. The number of halogens is 1. The molecule has 0 bridgehead atoms. The minimum Gasteiger partial charge on any atom is -0.357 e. The highest BCUT2D eigenvalue weighted by molar-refractivity contribution is 7.92. The lowest BCUT2D eigenvalue weighted by molar-refractivity contribution is -0.139. The molecule has 0 aliphatic heterocycles. The third-order valence-electron chi connectivity index (χ3n) is 5.58. The summed E-state index contributed by atoms with van der Waals surface area (Å²) in [6.07, 6.45) is 0. The summed E-state index contributed by atoms with van der Waals surface area (Å²) in [7, 11) is -2.57. The number of carbonyl (C=O) groups excluding carboxylic acids is 2. The van der Waals surface area contributed by atoms with Crippen molar-refractivity contribution in [3.8, 4) is 0 Å². The summed E-state index contributed by atoms with van der Waals surface area (Å²) in [6, 6.07) is 21.0. The topological polar surface area (TPSA) is 86.8 Å². The van der Waals surface area contributed by atoms with Gasteiger partial charge in [0.15, 0.2) is 0 Å². The molecule has 0 aromatic heterocycles. The zero-order valence-electron chi connectivity index (χ0n) is 19.8. The SMILES string of the molecule is CNC(=O)[C@@H](C)N(Cc1ccc(Cl)cc1)C(=O)CN(c1cccc(C)c1)S(=O)(=O)c1ccccc1. The van der Waals surface area contributed by atoms with E-state index in [1.165, 1.54) is 24.1 Å². The first-order valence-corrected chi connectivity index (χ1v) is 12.8. The van der Waals surface area contributed by atoms with Crippen LogP contribution >= 0.6 is 11.6 Å². The number of hydrogen-bond acceptors (Lipinski definition) is 4. The molecular formula is C26H28ClN3O4S. The molecule has 3 rings (SSSR count). The van der Waals surface area contributed by atoms with Crippen LogP contribution in [0, 0.1) is 6.92 Å². The first kappa shape index (κ1) is 26.2. The zero-order chi connectivity index (χ0) is 25.6. The van der Waals surface area contributed by atoms with Crippen LogP contribution in [0.25, 0.3) is 0 Å². The Bertz CT molecular complexity index is 1280. The maximum Gasteiger partial charge on any atom is 0.264 e. The molecule has 0 heterocycles. The summed E-state index contributed by atoms with van der Waals surface area (Å²) >= 11 is 5.99. The Morgan fingerprint density at radius 1 is 0.971 bits per heavy atom. The first-order valence-electron chi connectivity index (χ1n) is 11.0. The molecule has 0 fully saturated rings. The van der Waals surface area contributed by atoms with Gasteiger partial charge in [0.2, 0.25) is 11.8 Å². The molecule has 7 nitrogen and oxygen atoms in total. The van der Waals surface area contributed by atoms with Crippen molar-refractivity contribution in [3.05, 3.63) is 95.0 Å². The third kappa shape index (κ3) is 6.41. The van der Waals surface area contributed by atoms with Gasteiger partial charge in [0, 0.05) is 18.6 Å². The van der Waals surface area contributed by atoms with Crippen LogP contribution in [0.1, 0.15) is 18.1 Å². The van der Waals surface area contributed by atoms with Crippen LogP contribution in [0.4, 0.5) is 5.69 Å². The molecule has 9 heteroatoms. The van der Waals surface area contributed by atoms with Gasteiger partial charge in [-0.25, -0.2) is 8.42 Å². The Labute approximate surface area is 211 Å². The smallest absolute Gasteiger partial charge is 0.264 e. The number of rotatable bonds is 9. The molecule has 0 spiro atoms. The van der Waals surface area contributed by atoms with Gasteiger partial charge < -0.3 is 10.2 Å². The predicted octanol–water partition coefficient (Wildman–Crippen LogP) is 4.01. The number of sulfonamides is 1. The molecule has 1 atom stereocenters. The summed E-state index contributed by atoms with van der Waals surface area (Å²) in [6.45, 7) is 3.09. The van der Waals surface area contributed by atoms with E-state index in [1.807, 2.05) is 13.0 Å². The maximum atomic E-state index is 13.6. The van der Waals surface area contributed by atoms with Gasteiger partial charge in [-0.2, -0.15) is 0 Å². The molecule has 2 amide bonds. The lowest BCUT2D eigenvalue weighted by Crippen LogP contribution is -2.50. The minimum atomic E-state index is -4.06. The molecule has 0 aliphatic carbocycles. The highest BCUT2D eigenvalue weighted by atomic mass is 35.5. The van der Waals surface area contributed by atoms with E-state index < -0.39 is 28.5 Å². The molecule has 0 aliphatic rings. The second-order valence-corrected chi connectivity index (χ2v) is 10.4. The van der Waals surface area contributed by atoms with E-state index in [2.05, 4.69) is 5.32 Å². The van der Waals surface area contributed by atoms with E-state index >= 15 is 0 Å². The Hall–Kier alpha value is -3.36. The normalized spacial score (nSPS) is 12.0. The van der Waals surface area contributed by atoms with E-state index in [4.69, 9.17) is 11.6 Å². The Balaban J connectivity index is 2.01. The van der Waals surface area contributed by atoms with E-state index in [1.54, 1.807) is 67.6 Å². The fraction of sp³-hybridized carbons (Fsp3) is 0.231. The van der Waals surface area contributed by atoms with Crippen LogP contribution in [0.2, 0.25) is 5.02 Å². The number of anilines is 1. The number of likely N-dealkylation sites (N-methyl/N-ethyl adjacent to an activating group) is 1. The maximum absolute atomic E-state index is 13.6. The van der Waals surface area contributed by atoms with Gasteiger partial charge in [-0.1, -0.05) is 54.1 Å². The van der Waals surface area contributed by atoms with E-state index in [9.17, 15) is 18.0 Å². The largest absolute Gasteiger partial charge is 0.357 e. The zero-order valence-corrected chi connectivity index (χ0v) is 21.4. The lowest BCUT2D eigenvalue weighted by Gasteiger charge is -2.31. The van der Waals surface area contributed by atoms with Gasteiger partial charge in [-0.3, -0.25) is 13.9 Å². The number of benzene rings is 3. The molecule has 3 aromatic carbocycles. The van der Waals surface area contributed by atoms with Crippen LogP contribution in [0.15, 0.2) is 83.8 Å². The lowest BCUT2D eigenvalue weighted by atomic mass is 10.1. The average Bonchev–Trinajstić information content (AvgIpc) is 2.86. The van der Waals surface area contributed by atoms with Crippen molar-refractivity contribution in [3.63, 3.8) is 0 Å². The van der Waals surface area contributed by atoms with E-state index in [0.29, 0.717) is 10.7 Å². The van der Waals surface area contributed by atoms with Crippen molar-refractivity contribution >= 4 is 39.1 Å². The predicted molar refractivity (Wildman–Crippen MR) is 138 cm³/mol. The fourth-order valence-electron chi connectivity index (χ4n) is 3.61. The number of nitrogens with one attached hydrogen (secondary N) is 1. The van der Waals surface area contributed by atoms with Gasteiger partial charge in [0.05, 0.1) is 10.6 Å². The van der Waals surface area contributed by atoms with Crippen molar-refractivity contribution in [1.82, 2.24) is 10.2 Å². The van der Waals surface area contributed by atoms with Crippen LogP contribution in [-0.2, 0) is 26.2 Å². The average molecular weight is 514 g/mol. The summed E-state index contributed by atoms with van der Waals surface area (Å²) in [5, 5.41) is 3.10. The van der Waals surface area contributed by atoms with E-state index in [0.717, 1.165) is 15.4 Å². The molecule has 0 radical (unpaired) electrons. The van der Waals surface area contributed by atoms with Gasteiger partial charge in [-0.05, 0) is 61.4 Å². The van der Waals surface area contributed by atoms with Crippen LogP contribution in [-0.4, -0.2) is 44.8 Å². The molecule has 0 saturated heterocycles. The number of hydrogen-bond donors (Lipinski definition) is 1. The van der Waals surface area contributed by atoms with Crippen molar-refractivity contribution < 1.29 is 18.0 Å². The monoisotopic (exact) mass is 513 g/mol. The number of aryl methyl sites for hydroxylation is 1. The Morgan fingerprint density at radius 3 is 2.23 bits per heavy atom. The highest BCUT2D eigenvalue weighted by Crippen LogP contribution is 2.25. The summed E-state index contributed by atoms with van der Waals surface area (Å²) in [5.41, 5.74) is 1.97. The molecule has 35 heavy (non-hydrogen) atoms. The van der Waals surface area contributed by atoms with Crippen LogP contribution < -0.4 is 9.62 Å². The molecule has 1 N–H and O–H groups in total. The standard InChI is InChI=1S/C26H28ClN3O4S/c1-19-8-7-9-23(16-19)30(35(33,34)24-10-5-4-6-11-24)18-25(31)29(20(2)26(32)28-3)17-21-12-14-22(27)15-13-21/h4-16,20H,17-18H2,1-3H3,(H,28,32)/t20-/m1/s1. The molecule has 3 aromatic rings. The van der Waals surface area contributed by atoms with Crippen LogP contribution in [0.3, 0.4) is 0 Å². The second kappa shape index (κ2) is 11.4. The number of nitrogens with zero attached hydrogens (tertiary/aromatic N) is 2. The van der Waals surface area contributed by atoms with Gasteiger partial charge in [-0.15, -0.1) is 0 Å². The highest BCUT2D eigenvalue weighted by Gasteiger charge is 2.32. The van der Waals surface area contributed by atoms with Crippen LogP contribution in [0.5, 0.6) is 0 Å². The van der Waals surface area contributed by atoms with Crippen molar-refractivity contribution in [2.24, 2.45) is 0 Å². The molecular weight excluding hydrogens is 486 g/mol. The fourth-order valence-corrected chi connectivity index (χ4v) is 5.16. The molecule has 184 valence electrons.